The number of carbonyl (C=O) groups excluding carboxylic acids is 1. The standard InChI is InChI=1S/C49H96NO9P/c1-3-5-7-9-11-13-15-17-19-21-23-24-26-28-30-32-34-36-38-40-42-56-43-46(44-57-60(54,55)58-45-47(50)49(52)53)59-48(51)41-39-37-35-33-31-29-27-25-22-20-18-16-14-12-10-8-6-4-2/h20,22,46-47H,3-19,21,23-45,50H2,1-2H3,(H,52,53)(H,54,55)/b22-20-. The molecule has 0 heterocycles. The summed E-state index contributed by atoms with van der Waals surface area (Å²) in [6.45, 7) is 3.93. The van der Waals surface area contributed by atoms with E-state index < -0.39 is 45.1 Å². The summed E-state index contributed by atoms with van der Waals surface area (Å²) in [6.07, 6.45) is 49.8. The Balaban J connectivity index is 4.12. The molecule has 3 unspecified atom stereocenters. The lowest BCUT2D eigenvalue weighted by Gasteiger charge is -2.20. The quantitative estimate of drug-likeness (QED) is 0.0233. The molecular formula is C49H96NO9P. The van der Waals surface area contributed by atoms with Crippen LogP contribution in [0.15, 0.2) is 12.2 Å². The Bertz CT molecular complexity index is 1010. The molecule has 0 aromatic carbocycles. The average molecular weight is 874 g/mol. The molecule has 4 N–H and O–H groups in total. The number of aliphatic carboxylic acids is 1. The molecule has 0 aliphatic rings. The van der Waals surface area contributed by atoms with Gasteiger partial charge in [-0.2, -0.15) is 0 Å². The van der Waals surface area contributed by atoms with Gasteiger partial charge in [-0.15, -0.1) is 0 Å². The van der Waals surface area contributed by atoms with Crippen molar-refractivity contribution in [2.45, 2.75) is 264 Å². The highest BCUT2D eigenvalue weighted by Crippen LogP contribution is 2.43. The predicted molar refractivity (Wildman–Crippen MR) is 249 cm³/mol. The number of unbranched alkanes of at least 4 members (excludes halogenated alkanes) is 33. The van der Waals surface area contributed by atoms with Crippen molar-refractivity contribution < 1.29 is 42.7 Å². The van der Waals surface area contributed by atoms with Crippen molar-refractivity contribution in [2.75, 3.05) is 26.4 Å². The Labute approximate surface area is 369 Å². The van der Waals surface area contributed by atoms with Crippen LogP contribution in [-0.2, 0) is 32.7 Å². The fourth-order valence-corrected chi connectivity index (χ4v) is 8.14. The minimum absolute atomic E-state index is 0.0216. The van der Waals surface area contributed by atoms with Crippen LogP contribution in [0.4, 0.5) is 0 Å². The smallest absolute Gasteiger partial charge is 0.472 e. The molecule has 0 saturated heterocycles. The second kappa shape index (κ2) is 45.7. The van der Waals surface area contributed by atoms with Gasteiger partial charge in [-0.1, -0.05) is 219 Å². The molecule has 0 rings (SSSR count). The number of ether oxygens (including phenoxy) is 2. The molecule has 10 nitrogen and oxygen atoms in total. The summed E-state index contributed by atoms with van der Waals surface area (Å²) in [4.78, 5) is 33.7. The normalized spacial score (nSPS) is 13.8. The molecule has 0 spiro atoms. The van der Waals surface area contributed by atoms with E-state index >= 15 is 0 Å². The summed E-state index contributed by atoms with van der Waals surface area (Å²) in [5.41, 5.74) is 5.37. The van der Waals surface area contributed by atoms with Gasteiger partial charge in [-0.05, 0) is 38.5 Å². The first kappa shape index (κ1) is 58.7. The molecule has 0 aliphatic heterocycles. The van der Waals surface area contributed by atoms with Crippen molar-refractivity contribution in [1.29, 1.82) is 0 Å². The predicted octanol–water partition coefficient (Wildman–Crippen LogP) is 14.5. The van der Waals surface area contributed by atoms with Crippen molar-refractivity contribution in [1.82, 2.24) is 0 Å². The lowest BCUT2D eigenvalue weighted by molar-refractivity contribution is -0.154. The highest BCUT2D eigenvalue weighted by atomic mass is 31.2. The monoisotopic (exact) mass is 874 g/mol. The fraction of sp³-hybridized carbons (Fsp3) is 0.918. The summed E-state index contributed by atoms with van der Waals surface area (Å²) >= 11 is 0. The van der Waals surface area contributed by atoms with Gasteiger partial charge in [0.2, 0.25) is 0 Å². The number of carboxylic acid groups (broad SMARTS) is 1. The van der Waals surface area contributed by atoms with E-state index in [-0.39, 0.29) is 13.0 Å². The zero-order valence-corrected chi connectivity index (χ0v) is 40.0. The molecule has 60 heavy (non-hydrogen) atoms. The topological polar surface area (TPSA) is 155 Å². The lowest BCUT2D eigenvalue weighted by Crippen LogP contribution is -2.34. The third-order valence-electron chi connectivity index (χ3n) is 11.3. The largest absolute Gasteiger partial charge is 0.480 e. The van der Waals surface area contributed by atoms with Crippen LogP contribution in [0.3, 0.4) is 0 Å². The number of nitrogens with two attached hydrogens (primary N) is 1. The molecule has 0 saturated carbocycles. The van der Waals surface area contributed by atoms with Gasteiger partial charge in [-0.25, -0.2) is 4.57 Å². The van der Waals surface area contributed by atoms with E-state index in [0.717, 1.165) is 44.9 Å². The number of esters is 1. The van der Waals surface area contributed by atoms with Gasteiger partial charge >= 0.3 is 19.8 Å². The molecule has 11 heteroatoms. The van der Waals surface area contributed by atoms with E-state index in [1.54, 1.807) is 0 Å². The van der Waals surface area contributed by atoms with Gasteiger partial charge in [0.1, 0.15) is 12.1 Å². The van der Waals surface area contributed by atoms with Crippen molar-refractivity contribution in [3.63, 3.8) is 0 Å². The summed E-state index contributed by atoms with van der Waals surface area (Å²) in [7, 11) is -4.62. The highest BCUT2D eigenvalue weighted by molar-refractivity contribution is 7.47. The van der Waals surface area contributed by atoms with Crippen LogP contribution in [0.1, 0.15) is 251 Å². The Hall–Kier alpha value is -1.29. The second-order valence-electron chi connectivity index (χ2n) is 17.3. The molecule has 0 aromatic heterocycles. The van der Waals surface area contributed by atoms with Crippen LogP contribution in [0.5, 0.6) is 0 Å². The third kappa shape index (κ3) is 44.8. The molecule has 0 bridgehead atoms. The zero-order valence-electron chi connectivity index (χ0n) is 39.1. The van der Waals surface area contributed by atoms with Gasteiger partial charge in [-0.3, -0.25) is 18.6 Å². The molecule has 356 valence electrons. The first-order chi connectivity index (χ1) is 29.2. The summed E-state index contributed by atoms with van der Waals surface area (Å²) in [6, 6.07) is -1.47. The Morgan fingerprint density at radius 2 is 0.867 bits per heavy atom. The van der Waals surface area contributed by atoms with Crippen LogP contribution in [0.2, 0.25) is 0 Å². The maximum absolute atomic E-state index is 12.7. The maximum Gasteiger partial charge on any atom is 0.472 e. The average Bonchev–Trinajstić information content (AvgIpc) is 3.23. The number of phosphoric acid groups is 1. The van der Waals surface area contributed by atoms with E-state index in [1.165, 1.54) is 180 Å². The van der Waals surface area contributed by atoms with E-state index in [2.05, 4.69) is 26.0 Å². The Kier molecular flexibility index (Phi) is 44.7. The third-order valence-corrected chi connectivity index (χ3v) is 12.2. The van der Waals surface area contributed by atoms with Crippen molar-refractivity contribution >= 4 is 19.8 Å². The van der Waals surface area contributed by atoms with Gasteiger partial charge in [0.05, 0.1) is 19.8 Å². The number of hydrogen-bond donors (Lipinski definition) is 3. The molecule has 0 radical (unpaired) electrons. The first-order valence-corrected chi connectivity index (χ1v) is 26.7. The van der Waals surface area contributed by atoms with Crippen LogP contribution >= 0.6 is 7.82 Å². The van der Waals surface area contributed by atoms with E-state index in [4.69, 9.17) is 29.4 Å². The van der Waals surface area contributed by atoms with E-state index in [0.29, 0.717) is 13.0 Å². The number of phosphoric ester groups is 1. The van der Waals surface area contributed by atoms with Crippen LogP contribution in [0.25, 0.3) is 0 Å². The van der Waals surface area contributed by atoms with Gasteiger partial charge in [0.25, 0.3) is 0 Å². The van der Waals surface area contributed by atoms with Crippen LogP contribution in [0, 0.1) is 0 Å². The summed E-state index contributed by atoms with van der Waals surface area (Å²) in [5.74, 6) is -1.77. The molecule has 0 aromatic rings. The lowest BCUT2D eigenvalue weighted by atomic mass is 10.0. The van der Waals surface area contributed by atoms with Gasteiger partial charge in [0, 0.05) is 13.0 Å². The minimum Gasteiger partial charge on any atom is -0.480 e. The fourth-order valence-electron chi connectivity index (χ4n) is 7.37. The Morgan fingerprint density at radius 1 is 0.517 bits per heavy atom. The maximum atomic E-state index is 12.7. The first-order valence-electron chi connectivity index (χ1n) is 25.2. The SMILES string of the molecule is CCCCCCCCC/C=C\CCCCCCCCCC(=O)OC(COCCCCCCCCCCCCCCCCCCCCCC)COP(=O)(O)OCC(N)C(=O)O. The number of allylic oxidation sites excluding steroid dienone is 2. The summed E-state index contributed by atoms with van der Waals surface area (Å²) < 4.78 is 33.5. The minimum atomic E-state index is -4.62. The zero-order chi connectivity index (χ0) is 44.0. The number of carbonyl (C=O) groups is 2. The molecule has 3 atom stereocenters. The van der Waals surface area contributed by atoms with Crippen molar-refractivity contribution in [3.05, 3.63) is 12.2 Å². The number of carboxylic acids is 1. The highest BCUT2D eigenvalue weighted by Gasteiger charge is 2.27. The molecule has 0 amide bonds. The van der Waals surface area contributed by atoms with Crippen molar-refractivity contribution in [2.24, 2.45) is 5.73 Å². The molecule has 0 aliphatic carbocycles. The number of hydrogen-bond acceptors (Lipinski definition) is 8. The molecular weight excluding hydrogens is 778 g/mol. The summed E-state index contributed by atoms with van der Waals surface area (Å²) in [5, 5.41) is 8.92. The Morgan fingerprint density at radius 3 is 1.27 bits per heavy atom. The number of rotatable bonds is 49. The van der Waals surface area contributed by atoms with Crippen molar-refractivity contribution in [3.8, 4) is 0 Å². The van der Waals surface area contributed by atoms with E-state index in [1.807, 2.05) is 0 Å². The van der Waals surface area contributed by atoms with Gasteiger partial charge < -0.3 is 25.2 Å². The van der Waals surface area contributed by atoms with Gasteiger partial charge in [0.15, 0.2) is 0 Å². The second-order valence-corrected chi connectivity index (χ2v) is 18.8. The van der Waals surface area contributed by atoms with Crippen LogP contribution < -0.4 is 5.73 Å². The van der Waals surface area contributed by atoms with E-state index in [9.17, 15) is 19.0 Å². The molecule has 0 fully saturated rings. The van der Waals surface area contributed by atoms with Crippen LogP contribution in [-0.4, -0.2) is 60.5 Å².